The van der Waals surface area contributed by atoms with Gasteiger partial charge in [-0.1, -0.05) is 19.3 Å². The number of nitrogens with one attached hydrogen (secondary N) is 2. The fraction of sp³-hybridized carbons (Fsp3) is 0.941. The Kier molecular flexibility index (Phi) is 5.58. The van der Waals surface area contributed by atoms with Gasteiger partial charge in [0.25, 0.3) is 0 Å². The third-order valence-corrected chi connectivity index (χ3v) is 5.57. The Morgan fingerprint density at radius 2 is 1.86 bits per heavy atom. The highest BCUT2D eigenvalue weighted by molar-refractivity contribution is 5.74. The highest BCUT2D eigenvalue weighted by Gasteiger charge is 2.29. The summed E-state index contributed by atoms with van der Waals surface area (Å²) in [5, 5.41) is 6.26. The van der Waals surface area contributed by atoms with E-state index in [9.17, 15) is 4.79 Å². The maximum absolute atomic E-state index is 12.2. The zero-order chi connectivity index (χ0) is 15.4. The summed E-state index contributed by atoms with van der Waals surface area (Å²) < 4.78 is 5.50. The predicted molar refractivity (Wildman–Crippen MR) is 87.0 cm³/mol. The van der Waals surface area contributed by atoms with Gasteiger partial charge >= 0.3 is 6.03 Å². The van der Waals surface area contributed by atoms with E-state index in [-0.39, 0.29) is 18.2 Å². The summed E-state index contributed by atoms with van der Waals surface area (Å²) in [5.74, 6) is 0. The molecule has 1 aliphatic carbocycles. The Balaban J connectivity index is 1.44. The average molecular weight is 309 g/mol. The summed E-state index contributed by atoms with van der Waals surface area (Å²) in [5.41, 5.74) is 0. The van der Waals surface area contributed by atoms with Crippen LogP contribution >= 0.6 is 0 Å². The van der Waals surface area contributed by atoms with Gasteiger partial charge in [-0.25, -0.2) is 4.79 Å². The van der Waals surface area contributed by atoms with Crippen LogP contribution in [0.5, 0.6) is 0 Å². The molecular weight excluding hydrogens is 278 g/mol. The SMILES string of the molecule is C[C@@H]1OCC[C@@H]1NC(=O)N[C@H]1CCCN(C2CCCCC2)C1. The van der Waals surface area contributed by atoms with Crippen LogP contribution in [0.2, 0.25) is 0 Å². The number of amides is 2. The van der Waals surface area contributed by atoms with Crippen molar-refractivity contribution in [3.8, 4) is 0 Å². The third kappa shape index (κ3) is 4.13. The normalized spacial score (nSPS) is 34.5. The lowest BCUT2D eigenvalue weighted by Gasteiger charge is -2.40. The van der Waals surface area contributed by atoms with Gasteiger partial charge in [-0.05, 0) is 45.6 Å². The largest absolute Gasteiger partial charge is 0.376 e. The lowest BCUT2D eigenvalue weighted by molar-refractivity contribution is 0.107. The average Bonchev–Trinajstić information content (AvgIpc) is 2.93. The molecule has 2 N–H and O–H groups in total. The molecule has 5 heteroatoms. The van der Waals surface area contributed by atoms with Crippen molar-refractivity contribution >= 4 is 6.03 Å². The fourth-order valence-electron chi connectivity index (χ4n) is 4.22. The maximum atomic E-state index is 12.2. The third-order valence-electron chi connectivity index (χ3n) is 5.57. The monoisotopic (exact) mass is 309 g/mol. The first-order valence-corrected chi connectivity index (χ1v) is 9.15. The second-order valence-corrected chi connectivity index (χ2v) is 7.21. The van der Waals surface area contributed by atoms with Crippen LogP contribution in [0.25, 0.3) is 0 Å². The van der Waals surface area contributed by atoms with E-state index in [2.05, 4.69) is 15.5 Å². The van der Waals surface area contributed by atoms with E-state index in [1.807, 2.05) is 6.92 Å². The lowest BCUT2D eigenvalue weighted by atomic mass is 9.92. The first-order valence-electron chi connectivity index (χ1n) is 9.15. The highest BCUT2D eigenvalue weighted by Crippen LogP contribution is 2.25. The van der Waals surface area contributed by atoms with Crippen LogP contribution in [0.15, 0.2) is 0 Å². The highest BCUT2D eigenvalue weighted by atomic mass is 16.5. The second kappa shape index (κ2) is 7.64. The van der Waals surface area contributed by atoms with E-state index in [0.29, 0.717) is 6.04 Å². The van der Waals surface area contributed by atoms with Gasteiger partial charge in [0.05, 0.1) is 12.1 Å². The van der Waals surface area contributed by atoms with Crippen LogP contribution in [-0.2, 0) is 4.74 Å². The number of carbonyl (C=O) groups is 1. The van der Waals surface area contributed by atoms with Gasteiger partial charge < -0.3 is 15.4 Å². The van der Waals surface area contributed by atoms with Crippen LogP contribution < -0.4 is 10.6 Å². The van der Waals surface area contributed by atoms with Crippen molar-refractivity contribution in [1.82, 2.24) is 15.5 Å². The molecule has 3 rings (SSSR count). The van der Waals surface area contributed by atoms with Gasteiger partial charge in [0.15, 0.2) is 0 Å². The van der Waals surface area contributed by atoms with Crippen molar-refractivity contribution in [1.29, 1.82) is 0 Å². The Hall–Kier alpha value is -0.810. The maximum Gasteiger partial charge on any atom is 0.315 e. The minimum atomic E-state index is -0.0159. The molecule has 0 aromatic rings. The molecule has 0 bridgehead atoms. The van der Waals surface area contributed by atoms with Crippen molar-refractivity contribution in [3.63, 3.8) is 0 Å². The van der Waals surface area contributed by atoms with Gasteiger partial charge in [0, 0.05) is 25.2 Å². The number of urea groups is 1. The molecule has 3 atom stereocenters. The molecule has 2 heterocycles. The molecule has 1 saturated carbocycles. The number of carbonyl (C=O) groups excluding carboxylic acids is 1. The Bertz CT molecular complexity index is 371. The quantitative estimate of drug-likeness (QED) is 0.841. The summed E-state index contributed by atoms with van der Waals surface area (Å²) in [6.45, 7) is 5.02. The van der Waals surface area contributed by atoms with Crippen LogP contribution in [-0.4, -0.2) is 54.9 Å². The number of rotatable bonds is 3. The zero-order valence-corrected chi connectivity index (χ0v) is 13.9. The first-order chi connectivity index (χ1) is 10.7. The Morgan fingerprint density at radius 1 is 1.05 bits per heavy atom. The second-order valence-electron chi connectivity index (χ2n) is 7.21. The van der Waals surface area contributed by atoms with Crippen LogP contribution in [0, 0.1) is 0 Å². The number of ether oxygens (including phenoxy) is 1. The van der Waals surface area contributed by atoms with Crippen molar-refractivity contribution in [3.05, 3.63) is 0 Å². The molecule has 5 nitrogen and oxygen atoms in total. The van der Waals surface area contributed by atoms with Crippen molar-refractivity contribution in [2.24, 2.45) is 0 Å². The molecule has 0 radical (unpaired) electrons. The van der Waals surface area contributed by atoms with E-state index < -0.39 is 0 Å². The summed E-state index contributed by atoms with van der Waals surface area (Å²) in [4.78, 5) is 14.8. The number of piperidine rings is 1. The molecular formula is C17H31N3O2. The molecule has 22 heavy (non-hydrogen) atoms. The predicted octanol–water partition coefficient (Wildman–Crippen LogP) is 2.26. The summed E-state index contributed by atoms with van der Waals surface area (Å²) in [7, 11) is 0. The molecule has 2 saturated heterocycles. The molecule has 0 unspecified atom stereocenters. The molecule has 0 aromatic carbocycles. The van der Waals surface area contributed by atoms with Gasteiger partial charge in [-0.15, -0.1) is 0 Å². The Morgan fingerprint density at radius 3 is 2.59 bits per heavy atom. The van der Waals surface area contributed by atoms with Crippen LogP contribution in [0.1, 0.15) is 58.3 Å². The fourth-order valence-corrected chi connectivity index (χ4v) is 4.22. The summed E-state index contributed by atoms with van der Waals surface area (Å²) >= 11 is 0. The minimum absolute atomic E-state index is 0.0159. The standard InChI is InChI=1S/C17H31N3O2/c1-13-16(9-11-22-13)19-17(21)18-14-6-5-10-20(12-14)15-7-3-2-4-8-15/h13-16H,2-12H2,1H3,(H2,18,19,21)/t13-,14-,16-/m0/s1. The van der Waals surface area contributed by atoms with Crippen molar-refractivity contribution in [2.45, 2.75) is 82.5 Å². The van der Waals surface area contributed by atoms with Gasteiger partial charge in [-0.3, -0.25) is 4.90 Å². The topological polar surface area (TPSA) is 53.6 Å². The lowest BCUT2D eigenvalue weighted by Crippen LogP contribution is -2.54. The smallest absolute Gasteiger partial charge is 0.315 e. The summed E-state index contributed by atoms with van der Waals surface area (Å²) in [6, 6.07) is 1.20. The molecule has 0 spiro atoms. The minimum Gasteiger partial charge on any atom is -0.376 e. The van der Waals surface area contributed by atoms with E-state index in [1.165, 1.54) is 45.1 Å². The number of hydrogen-bond donors (Lipinski definition) is 2. The van der Waals surface area contributed by atoms with Crippen LogP contribution in [0.3, 0.4) is 0 Å². The van der Waals surface area contributed by atoms with E-state index in [1.54, 1.807) is 0 Å². The van der Waals surface area contributed by atoms with E-state index in [0.717, 1.165) is 32.0 Å². The number of hydrogen-bond acceptors (Lipinski definition) is 3. The molecule has 0 aromatic heterocycles. The molecule has 126 valence electrons. The Labute approximate surface area is 134 Å². The van der Waals surface area contributed by atoms with Gasteiger partial charge in [0.2, 0.25) is 0 Å². The van der Waals surface area contributed by atoms with Crippen molar-refractivity contribution in [2.75, 3.05) is 19.7 Å². The molecule has 3 fully saturated rings. The molecule has 2 amide bonds. The summed E-state index contributed by atoms with van der Waals surface area (Å²) in [6.07, 6.45) is 10.2. The van der Waals surface area contributed by atoms with Gasteiger partial charge in [-0.2, -0.15) is 0 Å². The first kappa shape index (κ1) is 16.1. The van der Waals surface area contributed by atoms with Gasteiger partial charge in [0.1, 0.15) is 0 Å². The molecule has 3 aliphatic rings. The van der Waals surface area contributed by atoms with E-state index in [4.69, 9.17) is 4.74 Å². The van der Waals surface area contributed by atoms with Crippen LogP contribution in [0.4, 0.5) is 4.79 Å². The number of likely N-dealkylation sites (tertiary alicyclic amines) is 1. The molecule has 2 aliphatic heterocycles. The van der Waals surface area contributed by atoms with Crippen molar-refractivity contribution < 1.29 is 9.53 Å². The zero-order valence-electron chi connectivity index (χ0n) is 13.9. The van der Waals surface area contributed by atoms with E-state index >= 15 is 0 Å². The number of nitrogens with zero attached hydrogens (tertiary/aromatic N) is 1.